The highest BCUT2D eigenvalue weighted by Gasteiger charge is 2.07. The minimum atomic E-state index is 0.0463. The maximum Gasteiger partial charge on any atom is 0.155 e. The molecular formula is C10H15BrO2. The monoisotopic (exact) mass is 246 g/mol. The van der Waals surface area contributed by atoms with Crippen LogP contribution in [0, 0.1) is 0 Å². The molecular weight excluding hydrogens is 232 g/mol. The summed E-state index contributed by atoms with van der Waals surface area (Å²) >= 11 is 3.40. The Labute approximate surface area is 87.7 Å². The van der Waals surface area contributed by atoms with Crippen molar-refractivity contribution in [2.75, 3.05) is 13.2 Å². The SMILES string of the molecule is BrC1=CC=CCC1.CC1OCCO1. The van der Waals surface area contributed by atoms with Gasteiger partial charge in [-0.15, -0.1) is 0 Å². The molecule has 0 N–H and O–H groups in total. The predicted octanol–water partition coefficient (Wildman–Crippen LogP) is 2.99. The molecule has 0 saturated carbocycles. The maximum absolute atomic E-state index is 4.93. The van der Waals surface area contributed by atoms with E-state index in [4.69, 9.17) is 9.47 Å². The average Bonchev–Trinajstić information content (AvgIpc) is 2.58. The molecule has 1 aliphatic carbocycles. The molecule has 1 heterocycles. The summed E-state index contributed by atoms with van der Waals surface area (Å²) in [5.74, 6) is 0. The van der Waals surface area contributed by atoms with Gasteiger partial charge in [-0.3, -0.25) is 0 Å². The Morgan fingerprint density at radius 1 is 1.38 bits per heavy atom. The van der Waals surface area contributed by atoms with Gasteiger partial charge in [0, 0.05) is 0 Å². The Kier molecular flexibility index (Phi) is 5.35. The lowest BCUT2D eigenvalue weighted by atomic mass is 10.2. The maximum atomic E-state index is 4.93. The van der Waals surface area contributed by atoms with E-state index in [0.717, 1.165) is 13.2 Å². The number of hydrogen-bond acceptors (Lipinski definition) is 2. The van der Waals surface area contributed by atoms with Crippen LogP contribution in [0.2, 0.25) is 0 Å². The average molecular weight is 247 g/mol. The second-order valence-electron chi connectivity index (χ2n) is 2.89. The summed E-state index contributed by atoms with van der Waals surface area (Å²) in [7, 11) is 0. The zero-order valence-electron chi connectivity index (χ0n) is 7.83. The summed E-state index contributed by atoms with van der Waals surface area (Å²) in [6.45, 7) is 3.43. The summed E-state index contributed by atoms with van der Waals surface area (Å²) in [4.78, 5) is 0. The first kappa shape index (κ1) is 11.0. The molecule has 2 rings (SSSR count). The molecule has 0 amide bonds. The Balaban J connectivity index is 0.000000132. The quantitative estimate of drug-likeness (QED) is 0.655. The van der Waals surface area contributed by atoms with Gasteiger partial charge in [0.15, 0.2) is 6.29 Å². The van der Waals surface area contributed by atoms with E-state index >= 15 is 0 Å². The zero-order valence-corrected chi connectivity index (χ0v) is 9.42. The normalized spacial score (nSPS) is 22.2. The van der Waals surface area contributed by atoms with Gasteiger partial charge in [-0.1, -0.05) is 34.2 Å². The molecule has 2 aliphatic rings. The van der Waals surface area contributed by atoms with Crippen LogP contribution in [-0.4, -0.2) is 19.5 Å². The highest BCUT2D eigenvalue weighted by atomic mass is 79.9. The van der Waals surface area contributed by atoms with Crippen molar-refractivity contribution in [2.24, 2.45) is 0 Å². The molecule has 0 atom stereocenters. The van der Waals surface area contributed by atoms with Crippen LogP contribution in [0.1, 0.15) is 19.8 Å². The number of allylic oxidation sites excluding steroid dienone is 4. The van der Waals surface area contributed by atoms with Crippen LogP contribution >= 0.6 is 15.9 Å². The highest BCUT2D eigenvalue weighted by Crippen LogP contribution is 2.16. The van der Waals surface area contributed by atoms with E-state index < -0.39 is 0 Å². The van der Waals surface area contributed by atoms with Crippen molar-refractivity contribution in [3.8, 4) is 0 Å². The zero-order chi connectivity index (χ0) is 9.52. The summed E-state index contributed by atoms with van der Waals surface area (Å²) < 4.78 is 11.2. The molecule has 0 unspecified atom stereocenters. The fourth-order valence-corrected chi connectivity index (χ4v) is 1.43. The van der Waals surface area contributed by atoms with Crippen LogP contribution in [0.3, 0.4) is 0 Å². The highest BCUT2D eigenvalue weighted by molar-refractivity contribution is 9.11. The molecule has 0 radical (unpaired) electrons. The van der Waals surface area contributed by atoms with E-state index in [1.54, 1.807) is 0 Å². The van der Waals surface area contributed by atoms with E-state index in [-0.39, 0.29) is 6.29 Å². The number of halogens is 1. The van der Waals surface area contributed by atoms with Gasteiger partial charge in [-0.2, -0.15) is 0 Å². The molecule has 0 aromatic rings. The van der Waals surface area contributed by atoms with Crippen molar-refractivity contribution in [3.63, 3.8) is 0 Å². The fraction of sp³-hybridized carbons (Fsp3) is 0.600. The van der Waals surface area contributed by atoms with Crippen LogP contribution in [0.25, 0.3) is 0 Å². The molecule has 0 aromatic heterocycles. The lowest BCUT2D eigenvalue weighted by Gasteiger charge is -1.96. The first-order valence-electron chi connectivity index (χ1n) is 4.53. The first-order valence-corrected chi connectivity index (χ1v) is 5.33. The van der Waals surface area contributed by atoms with Crippen molar-refractivity contribution in [3.05, 3.63) is 22.7 Å². The van der Waals surface area contributed by atoms with Gasteiger partial charge in [-0.05, 0) is 24.2 Å². The molecule has 0 bridgehead atoms. The summed E-state index contributed by atoms with van der Waals surface area (Å²) in [6.07, 6.45) is 8.75. The van der Waals surface area contributed by atoms with Crippen LogP contribution in [0.5, 0.6) is 0 Å². The smallest absolute Gasteiger partial charge is 0.155 e. The van der Waals surface area contributed by atoms with Crippen molar-refractivity contribution in [1.82, 2.24) is 0 Å². The Hall–Kier alpha value is -0.120. The summed E-state index contributed by atoms with van der Waals surface area (Å²) in [5.41, 5.74) is 0. The molecule has 2 nitrogen and oxygen atoms in total. The molecule has 3 heteroatoms. The van der Waals surface area contributed by atoms with Gasteiger partial charge in [0.05, 0.1) is 13.2 Å². The van der Waals surface area contributed by atoms with Gasteiger partial charge >= 0.3 is 0 Å². The van der Waals surface area contributed by atoms with Gasteiger partial charge < -0.3 is 9.47 Å². The summed E-state index contributed by atoms with van der Waals surface area (Å²) in [5, 5.41) is 0. The molecule has 1 saturated heterocycles. The summed E-state index contributed by atoms with van der Waals surface area (Å²) in [6, 6.07) is 0. The van der Waals surface area contributed by atoms with Crippen molar-refractivity contribution in [2.45, 2.75) is 26.1 Å². The van der Waals surface area contributed by atoms with Crippen molar-refractivity contribution >= 4 is 15.9 Å². The molecule has 0 spiro atoms. The van der Waals surface area contributed by atoms with Crippen molar-refractivity contribution < 1.29 is 9.47 Å². The van der Waals surface area contributed by atoms with E-state index in [2.05, 4.69) is 34.2 Å². The van der Waals surface area contributed by atoms with Gasteiger partial charge in [0.2, 0.25) is 0 Å². The molecule has 1 aliphatic heterocycles. The second-order valence-corrected chi connectivity index (χ2v) is 3.91. The minimum Gasteiger partial charge on any atom is -0.351 e. The third-order valence-corrected chi connectivity index (χ3v) is 2.41. The fourth-order valence-electron chi connectivity index (χ4n) is 1.05. The lowest BCUT2D eigenvalue weighted by Crippen LogP contribution is -1.97. The second kappa shape index (κ2) is 6.35. The third kappa shape index (κ3) is 5.24. The van der Waals surface area contributed by atoms with Gasteiger partial charge in [-0.25, -0.2) is 0 Å². The Morgan fingerprint density at radius 2 is 2.08 bits per heavy atom. The molecule has 74 valence electrons. The van der Waals surface area contributed by atoms with E-state index in [1.165, 1.54) is 17.3 Å². The first-order chi connectivity index (χ1) is 6.29. The van der Waals surface area contributed by atoms with Gasteiger partial charge in [0.1, 0.15) is 0 Å². The van der Waals surface area contributed by atoms with Crippen LogP contribution in [0.15, 0.2) is 22.7 Å². The molecule has 1 fully saturated rings. The Morgan fingerprint density at radius 3 is 2.31 bits per heavy atom. The standard InChI is InChI=1S/C6H7Br.C4H8O2/c7-6-4-2-1-3-5-6;1-4-5-2-3-6-4/h1-2,4H,3,5H2;4H,2-3H2,1H3. The number of hydrogen-bond donors (Lipinski definition) is 0. The van der Waals surface area contributed by atoms with E-state index in [9.17, 15) is 0 Å². The van der Waals surface area contributed by atoms with Crippen LogP contribution in [-0.2, 0) is 9.47 Å². The van der Waals surface area contributed by atoms with Crippen LogP contribution in [0.4, 0.5) is 0 Å². The number of rotatable bonds is 0. The van der Waals surface area contributed by atoms with Crippen molar-refractivity contribution in [1.29, 1.82) is 0 Å². The molecule has 13 heavy (non-hydrogen) atoms. The largest absolute Gasteiger partial charge is 0.351 e. The number of ether oxygens (including phenoxy) is 2. The Bertz CT molecular complexity index is 193. The third-order valence-electron chi connectivity index (χ3n) is 1.75. The van der Waals surface area contributed by atoms with Gasteiger partial charge in [0.25, 0.3) is 0 Å². The van der Waals surface area contributed by atoms with Crippen LogP contribution < -0.4 is 0 Å². The predicted molar refractivity (Wildman–Crippen MR) is 56.8 cm³/mol. The van der Waals surface area contributed by atoms with E-state index in [1.807, 2.05) is 6.92 Å². The lowest BCUT2D eigenvalue weighted by molar-refractivity contribution is -0.0254. The molecule has 0 aromatic carbocycles. The van der Waals surface area contributed by atoms with E-state index in [0.29, 0.717) is 0 Å². The topological polar surface area (TPSA) is 18.5 Å². The minimum absolute atomic E-state index is 0.0463.